The Kier molecular flexibility index (Phi) is 5.76. The van der Waals surface area contributed by atoms with Gasteiger partial charge in [-0.15, -0.1) is 0 Å². The van der Waals surface area contributed by atoms with E-state index in [2.05, 4.69) is 0 Å². The highest BCUT2D eigenvalue weighted by atomic mass is 32.2. The number of sulfone groups is 1. The van der Waals surface area contributed by atoms with Crippen LogP contribution in [0.25, 0.3) is 0 Å². The van der Waals surface area contributed by atoms with Crippen LogP contribution in [0.5, 0.6) is 5.75 Å². The molecule has 2 N–H and O–H groups in total. The predicted octanol–water partition coefficient (Wildman–Crippen LogP) is 0.309. The molecule has 1 aliphatic rings. The van der Waals surface area contributed by atoms with Crippen molar-refractivity contribution in [2.45, 2.75) is 24.2 Å². The molecule has 1 aliphatic heterocycles. The van der Waals surface area contributed by atoms with Gasteiger partial charge in [0.15, 0.2) is 9.84 Å². The third-order valence-corrected chi connectivity index (χ3v) is 5.56. The third-order valence-electron chi connectivity index (χ3n) is 3.72. The number of phenolic OH excluding ortho intramolecular Hbond substituents is 1. The maximum atomic E-state index is 12.5. The molecule has 0 saturated heterocycles. The topological polar surface area (TPSA) is 118 Å². The van der Waals surface area contributed by atoms with Crippen LogP contribution >= 0.6 is 0 Å². The molecule has 0 amide bonds. The molecular formula is C16H15BO7S. The molecule has 25 heavy (non-hydrogen) atoms. The summed E-state index contributed by atoms with van der Waals surface area (Å²) < 4.78 is 30.2. The second-order valence-electron chi connectivity index (χ2n) is 5.49. The van der Waals surface area contributed by atoms with E-state index in [0.29, 0.717) is 23.2 Å². The quantitative estimate of drug-likeness (QED) is 0.755. The lowest BCUT2D eigenvalue weighted by atomic mass is 9.79. The Morgan fingerprint density at radius 1 is 1.20 bits per heavy atom. The minimum Gasteiger partial charge on any atom is -0.508 e. The van der Waals surface area contributed by atoms with Gasteiger partial charge in [-0.3, -0.25) is 0 Å². The van der Waals surface area contributed by atoms with Gasteiger partial charge in [0.05, 0.1) is 17.3 Å². The first-order chi connectivity index (χ1) is 11.8. The number of benzene rings is 2. The smallest absolute Gasteiger partial charge is 0.491 e. The van der Waals surface area contributed by atoms with Crippen LogP contribution in [0.2, 0.25) is 0 Å². The minimum absolute atomic E-state index is 0.0363. The Hall–Kier alpha value is -2.45. The van der Waals surface area contributed by atoms with Crippen molar-refractivity contribution in [3.8, 4) is 5.75 Å². The fourth-order valence-electron chi connectivity index (χ4n) is 2.63. The van der Waals surface area contributed by atoms with E-state index in [9.17, 15) is 18.5 Å². The standard InChI is InChI=1S/C15H15BO5S.CO2/c1-10-6-13(17)4-5-15(10)22(19,20)9-11-2-3-12-8-21-16(18)14(12)7-11;2-1-3/h2-7,17-18H,8-9H2,1H3;. The zero-order valence-corrected chi connectivity index (χ0v) is 14.1. The molecule has 0 spiro atoms. The van der Waals surface area contributed by atoms with Crippen molar-refractivity contribution < 1.29 is 32.8 Å². The molecule has 2 aromatic rings. The summed E-state index contributed by atoms with van der Waals surface area (Å²) in [4.78, 5) is 16.4. The molecule has 0 aliphatic carbocycles. The van der Waals surface area contributed by atoms with E-state index >= 15 is 0 Å². The molecule has 0 atom stereocenters. The van der Waals surface area contributed by atoms with Gasteiger partial charge >= 0.3 is 13.3 Å². The van der Waals surface area contributed by atoms with Crippen LogP contribution in [-0.4, -0.2) is 31.8 Å². The highest BCUT2D eigenvalue weighted by Crippen LogP contribution is 2.24. The number of rotatable bonds is 3. The number of carbonyl (C=O) groups excluding carboxylic acids is 2. The SMILES string of the molecule is Cc1cc(O)ccc1S(=O)(=O)Cc1ccc2c(c1)B(O)OC2.O=C=O. The summed E-state index contributed by atoms with van der Waals surface area (Å²) in [6, 6.07) is 9.37. The van der Waals surface area contributed by atoms with E-state index in [4.69, 9.17) is 14.2 Å². The van der Waals surface area contributed by atoms with Gasteiger partial charge < -0.3 is 14.8 Å². The van der Waals surface area contributed by atoms with Crippen LogP contribution < -0.4 is 5.46 Å². The molecule has 1 heterocycles. The van der Waals surface area contributed by atoms with E-state index < -0.39 is 17.0 Å². The van der Waals surface area contributed by atoms with Gasteiger partial charge in [-0.05, 0) is 47.3 Å². The largest absolute Gasteiger partial charge is 0.508 e. The van der Waals surface area contributed by atoms with E-state index in [0.717, 1.165) is 5.56 Å². The van der Waals surface area contributed by atoms with Crippen LogP contribution in [0.1, 0.15) is 16.7 Å². The average molecular weight is 362 g/mol. The van der Waals surface area contributed by atoms with Crippen molar-refractivity contribution in [3.05, 3.63) is 53.1 Å². The van der Waals surface area contributed by atoms with Crippen molar-refractivity contribution in [3.63, 3.8) is 0 Å². The molecule has 0 radical (unpaired) electrons. The summed E-state index contributed by atoms with van der Waals surface area (Å²) in [5.74, 6) is -0.132. The Morgan fingerprint density at radius 2 is 1.88 bits per heavy atom. The van der Waals surface area contributed by atoms with E-state index in [-0.39, 0.29) is 22.5 Å². The summed E-state index contributed by atoms with van der Waals surface area (Å²) in [5.41, 5.74) is 2.59. The lowest BCUT2D eigenvalue weighted by Gasteiger charge is -2.09. The molecule has 130 valence electrons. The first-order valence-corrected chi connectivity index (χ1v) is 8.86. The highest BCUT2D eigenvalue weighted by molar-refractivity contribution is 7.90. The van der Waals surface area contributed by atoms with Crippen molar-refractivity contribution >= 4 is 28.6 Å². The molecule has 0 unspecified atom stereocenters. The first-order valence-electron chi connectivity index (χ1n) is 7.21. The molecule has 3 rings (SSSR count). The first kappa shape index (κ1) is 18.9. The van der Waals surface area contributed by atoms with Gasteiger partial charge in [0.25, 0.3) is 0 Å². The zero-order chi connectivity index (χ0) is 18.6. The predicted molar refractivity (Wildman–Crippen MR) is 87.6 cm³/mol. The van der Waals surface area contributed by atoms with Crippen molar-refractivity contribution in [2.24, 2.45) is 0 Å². The second kappa shape index (κ2) is 7.63. The molecule has 0 saturated carbocycles. The summed E-state index contributed by atoms with van der Waals surface area (Å²) >= 11 is 0. The van der Waals surface area contributed by atoms with Gasteiger partial charge in [-0.2, -0.15) is 9.59 Å². The van der Waals surface area contributed by atoms with Crippen LogP contribution in [0.3, 0.4) is 0 Å². The second-order valence-corrected chi connectivity index (χ2v) is 7.45. The molecule has 7 nitrogen and oxygen atoms in total. The maximum absolute atomic E-state index is 12.5. The van der Waals surface area contributed by atoms with Crippen molar-refractivity contribution in [1.82, 2.24) is 0 Å². The molecule has 0 aromatic heterocycles. The summed E-state index contributed by atoms with van der Waals surface area (Å²) in [6.07, 6.45) is 0.250. The Labute approximate surface area is 144 Å². The number of fused-ring (bicyclic) bond motifs is 1. The fourth-order valence-corrected chi connectivity index (χ4v) is 4.23. The summed E-state index contributed by atoms with van der Waals surface area (Å²) in [6.45, 7) is 1.98. The maximum Gasteiger partial charge on any atom is 0.491 e. The van der Waals surface area contributed by atoms with Crippen LogP contribution in [0, 0.1) is 6.92 Å². The van der Waals surface area contributed by atoms with Crippen molar-refractivity contribution in [2.75, 3.05) is 0 Å². The van der Waals surface area contributed by atoms with Gasteiger partial charge in [0.2, 0.25) is 0 Å². The van der Waals surface area contributed by atoms with Crippen LogP contribution in [0.4, 0.5) is 0 Å². The Balaban J connectivity index is 0.000000701. The number of hydrogen-bond donors (Lipinski definition) is 2. The number of aryl methyl sites for hydroxylation is 1. The minimum atomic E-state index is -3.53. The molecule has 2 aromatic carbocycles. The van der Waals surface area contributed by atoms with Crippen molar-refractivity contribution in [1.29, 1.82) is 0 Å². The van der Waals surface area contributed by atoms with Gasteiger partial charge in [-0.25, -0.2) is 8.42 Å². The van der Waals surface area contributed by atoms with E-state index in [1.807, 2.05) is 0 Å². The van der Waals surface area contributed by atoms with E-state index in [1.165, 1.54) is 18.2 Å². The fraction of sp³-hybridized carbons (Fsp3) is 0.188. The zero-order valence-electron chi connectivity index (χ0n) is 13.3. The third kappa shape index (κ3) is 4.34. The van der Waals surface area contributed by atoms with Crippen LogP contribution in [0.15, 0.2) is 41.3 Å². The number of aromatic hydroxyl groups is 1. The summed E-state index contributed by atoms with van der Waals surface area (Å²) in [7, 11) is -4.52. The number of phenols is 1. The molecular weight excluding hydrogens is 347 g/mol. The van der Waals surface area contributed by atoms with E-state index in [1.54, 1.807) is 25.1 Å². The lowest BCUT2D eigenvalue weighted by molar-refractivity contribution is -0.191. The summed E-state index contributed by atoms with van der Waals surface area (Å²) in [5, 5.41) is 19.1. The monoisotopic (exact) mass is 362 g/mol. The lowest BCUT2D eigenvalue weighted by Crippen LogP contribution is -2.28. The number of hydrogen-bond acceptors (Lipinski definition) is 7. The van der Waals surface area contributed by atoms with Crippen LogP contribution in [-0.2, 0) is 36.4 Å². The Bertz CT molecular complexity index is 918. The normalized spacial score (nSPS) is 12.8. The average Bonchev–Trinajstić information content (AvgIpc) is 2.88. The molecule has 0 fully saturated rings. The van der Waals surface area contributed by atoms with Gasteiger partial charge in [0, 0.05) is 0 Å². The highest BCUT2D eigenvalue weighted by Gasteiger charge is 2.28. The van der Waals surface area contributed by atoms with Gasteiger partial charge in [0.1, 0.15) is 5.75 Å². The Morgan fingerprint density at radius 3 is 2.52 bits per heavy atom. The molecule has 0 bridgehead atoms. The van der Waals surface area contributed by atoms with Gasteiger partial charge in [-0.1, -0.05) is 18.2 Å². The molecule has 9 heteroatoms.